The summed E-state index contributed by atoms with van der Waals surface area (Å²) in [7, 11) is 2.10. The van der Waals surface area contributed by atoms with Crippen molar-refractivity contribution in [2.75, 3.05) is 30.8 Å². The van der Waals surface area contributed by atoms with Gasteiger partial charge < -0.3 is 19.8 Å². The summed E-state index contributed by atoms with van der Waals surface area (Å²) in [5, 5.41) is 0. The highest BCUT2D eigenvalue weighted by molar-refractivity contribution is 5.98. The fourth-order valence-electron chi connectivity index (χ4n) is 4.39. The molecular formula is C26H27N5O2. The predicted molar refractivity (Wildman–Crippen MR) is 130 cm³/mol. The fraction of sp³-hybridized carbons (Fsp3) is 0.231. The molecule has 33 heavy (non-hydrogen) atoms. The van der Waals surface area contributed by atoms with E-state index >= 15 is 0 Å². The van der Waals surface area contributed by atoms with Crippen molar-refractivity contribution in [3.8, 4) is 17.0 Å². The first-order chi connectivity index (χ1) is 16.0. The highest BCUT2D eigenvalue weighted by atomic mass is 16.5. The van der Waals surface area contributed by atoms with Crippen molar-refractivity contribution in [3.63, 3.8) is 0 Å². The Bertz CT molecular complexity index is 1320. The van der Waals surface area contributed by atoms with Crippen molar-refractivity contribution in [3.05, 3.63) is 78.1 Å². The Morgan fingerprint density at radius 1 is 1.09 bits per heavy atom. The minimum atomic E-state index is -0.0345. The lowest BCUT2D eigenvalue weighted by Gasteiger charge is -2.28. The van der Waals surface area contributed by atoms with E-state index in [0.29, 0.717) is 18.8 Å². The Morgan fingerprint density at radius 2 is 1.91 bits per heavy atom. The zero-order valence-electron chi connectivity index (χ0n) is 18.9. The number of fused-ring (bicyclic) bond motifs is 2. The number of nitrogens with two attached hydrogens (primary N) is 1. The highest BCUT2D eigenvalue weighted by Gasteiger charge is 2.26. The largest absolute Gasteiger partial charge is 0.482 e. The van der Waals surface area contributed by atoms with Crippen LogP contribution in [-0.2, 0) is 17.9 Å². The number of imidazole rings is 1. The third-order valence-electron chi connectivity index (χ3n) is 5.95. The standard InChI is InChI=1S/C26H27N5O2/c1-3-30-21-13-19(9-11-23(21)33-17-25(30)32)26-22(31-15-20(27)10-12-24(31)28-26)16-29(2)14-18-7-5-4-6-8-18/h4-13,15H,3,14,16-17,27H2,1-2H3. The van der Waals surface area contributed by atoms with Gasteiger partial charge in [-0.2, -0.15) is 0 Å². The average Bonchev–Trinajstić information content (AvgIpc) is 3.16. The number of likely N-dealkylation sites (N-methyl/N-ethyl adjacent to an activating group) is 1. The van der Waals surface area contributed by atoms with Crippen LogP contribution in [-0.4, -0.2) is 40.4 Å². The second kappa shape index (κ2) is 8.60. The molecule has 4 aromatic rings. The fourth-order valence-corrected chi connectivity index (χ4v) is 4.39. The van der Waals surface area contributed by atoms with Crippen LogP contribution in [0.4, 0.5) is 11.4 Å². The van der Waals surface area contributed by atoms with E-state index in [1.165, 1.54) is 5.56 Å². The predicted octanol–water partition coefficient (Wildman–Crippen LogP) is 3.96. The Morgan fingerprint density at radius 3 is 2.70 bits per heavy atom. The third-order valence-corrected chi connectivity index (χ3v) is 5.95. The Kier molecular flexibility index (Phi) is 5.48. The van der Waals surface area contributed by atoms with Crippen molar-refractivity contribution in [2.45, 2.75) is 20.0 Å². The SMILES string of the molecule is CCN1C(=O)COc2ccc(-c3nc4ccc(N)cn4c3CN(C)Cc3ccccc3)cc21. The van der Waals surface area contributed by atoms with Crippen LogP contribution in [0.1, 0.15) is 18.2 Å². The van der Waals surface area contributed by atoms with Crippen molar-refractivity contribution in [2.24, 2.45) is 0 Å². The van der Waals surface area contributed by atoms with E-state index in [0.717, 1.165) is 40.6 Å². The van der Waals surface area contributed by atoms with Gasteiger partial charge in [-0.25, -0.2) is 4.98 Å². The van der Waals surface area contributed by atoms with Crippen LogP contribution in [0.15, 0.2) is 66.9 Å². The number of ether oxygens (including phenoxy) is 1. The van der Waals surface area contributed by atoms with Crippen LogP contribution < -0.4 is 15.4 Å². The molecule has 2 N–H and O–H groups in total. The van der Waals surface area contributed by atoms with Crippen molar-refractivity contribution in [1.29, 1.82) is 0 Å². The summed E-state index contributed by atoms with van der Waals surface area (Å²) < 4.78 is 7.71. The van der Waals surface area contributed by atoms with Gasteiger partial charge in [-0.05, 0) is 49.9 Å². The smallest absolute Gasteiger partial charge is 0.265 e. The molecule has 0 saturated heterocycles. The van der Waals surface area contributed by atoms with Gasteiger partial charge in [-0.1, -0.05) is 30.3 Å². The van der Waals surface area contributed by atoms with Crippen LogP contribution in [0.25, 0.3) is 16.9 Å². The molecule has 7 nitrogen and oxygen atoms in total. The van der Waals surface area contributed by atoms with Crippen molar-refractivity contribution in [1.82, 2.24) is 14.3 Å². The van der Waals surface area contributed by atoms with E-state index in [1.54, 1.807) is 4.90 Å². The lowest BCUT2D eigenvalue weighted by molar-refractivity contribution is -0.121. The summed E-state index contributed by atoms with van der Waals surface area (Å²) in [6, 6.07) is 20.1. The first-order valence-corrected chi connectivity index (χ1v) is 11.1. The molecule has 0 bridgehead atoms. The van der Waals surface area contributed by atoms with Gasteiger partial charge in [-0.15, -0.1) is 0 Å². The quantitative estimate of drug-likeness (QED) is 0.490. The molecule has 0 atom stereocenters. The molecule has 5 rings (SSSR count). The van der Waals surface area contributed by atoms with E-state index in [1.807, 2.05) is 49.5 Å². The second-order valence-corrected chi connectivity index (χ2v) is 8.36. The van der Waals surface area contributed by atoms with E-state index in [4.69, 9.17) is 15.5 Å². The highest BCUT2D eigenvalue weighted by Crippen LogP contribution is 2.37. The number of nitrogens with zero attached hydrogens (tertiary/aromatic N) is 4. The average molecular weight is 442 g/mol. The van der Waals surface area contributed by atoms with Crippen LogP contribution >= 0.6 is 0 Å². The molecule has 1 amide bonds. The van der Waals surface area contributed by atoms with E-state index in [9.17, 15) is 4.79 Å². The number of anilines is 2. The van der Waals surface area contributed by atoms with Gasteiger partial charge in [-0.3, -0.25) is 9.69 Å². The molecule has 2 aromatic carbocycles. The summed E-state index contributed by atoms with van der Waals surface area (Å²) >= 11 is 0. The van der Waals surface area contributed by atoms with Gasteiger partial charge in [0.1, 0.15) is 11.4 Å². The summed E-state index contributed by atoms with van der Waals surface area (Å²) in [5.41, 5.74) is 12.5. The van der Waals surface area contributed by atoms with Crippen LogP contribution in [0.5, 0.6) is 5.75 Å². The summed E-state index contributed by atoms with van der Waals surface area (Å²) in [4.78, 5) is 21.3. The maximum atomic E-state index is 12.4. The summed E-state index contributed by atoms with van der Waals surface area (Å²) in [5.74, 6) is 0.684. The summed E-state index contributed by atoms with van der Waals surface area (Å²) in [6.45, 7) is 4.12. The van der Waals surface area contributed by atoms with E-state index in [2.05, 4.69) is 40.6 Å². The van der Waals surface area contributed by atoms with Crippen LogP contribution in [0, 0.1) is 0 Å². The number of pyridine rings is 1. The summed E-state index contributed by atoms with van der Waals surface area (Å²) in [6.07, 6.45) is 1.92. The molecule has 0 unspecified atom stereocenters. The lowest BCUT2D eigenvalue weighted by Crippen LogP contribution is -2.38. The molecule has 2 aromatic heterocycles. The third kappa shape index (κ3) is 4.03. The number of aromatic nitrogens is 2. The first-order valence-electron chi connectivity index (χ1n) is 11.1. The van der Waals surface area contributed by atoms with Gasteiger partial charge in [0.05, 0.1) is 17.1 Å². The van der Waals surface area contributed by atoms with E-state index in [-0.39, 0.29) is 12.5 Å². The first kappa shape index (κ1) is 21.0. The number of carbonyl (C=O) groups is 1. The minimum absolute atomic E-state index is 0.0345. The lowest BCUT2D eigenvalue weighted by atomic mass is 10.1. The van der Waals surface area contributed by atoms with Gasteiger partial charge in [0, 0.05) is 37.1 Å². The molecule has 0 fully saturated rings. The molecule has 0 saturated carbocycles. The maximum Gasteiger partial charge on any atom is 0.265 e. The zero-order valence-corrected chi connectivity index (χ0v) is 18.9. The number of benzene rings is 2. The number of hydrogen-bond donors (Lipinski definition) is 1. The molecule has 1 aliphatic heterocycles. The van der Waals surface area contributed by atoms with Gasteiger partial charge >= 0.3 is 0 Å². The molecular weight excluding hydrogens is 414 g/mol. The minimum Gasteiger partial charge on any atom is -0.482 e. The van der Waals surface area contributed by atoms with Gasteiger partial charge in [0.25, 0.3) is 5.91 Å². The second-order valence-electron chi connectivity index (χ2n) is 8.36. The maximum absolute atomic E-state index is 12.4. The van der Waals surface area contributed by atoms with Crippen LogP contribution in [0.3, 0.4) is 0 Å². The van der Waals surface area contributed by atoms with E-state index < -0.39 is 0 Å². The normalized spacial score (nSPS) is 13.4. The Hall–Kier alpha value is -3.84. The monoisotopic (exact) mass is 441 g/mol. The Balaban J connectivity index is 1.57. The van der Waals surface area contributed by atoms with Gasteiger partial charge in [0.15, 0.2) is 6.61 Å². The van der Waals surface area contributed by atoms with Gasteiger partial charge in [0.2, 0.25) is 0 Å². The molecule has 3 heterocycles. The van der Waals surface area contributed by atoms with Crippen LogP contribution in [0.2, 0.25) is 0 Å². The molecule has 168 valence electrons. The van der Waals surface area contributed by atoms with Crippen molar-refractivity contribution < 1.29 is 9.53 Å². The number of amides is 1. The molecule has 1 aliphatic rings. The molecule has 0 spiro atoms. The van der Waals surface area contributed by atoms with Crippen molar-refractivity contribution >= 4 is 22.9 Å². The molecule has 0 radical (unpaired) electrons. The number of carbonyl (C=O) groups excluding carboxylic acids is 1. The zero-order chi connectivity index (χ0) is 22.9. The number of hydrogen-bond acceptors (Lipinski definition) is 5. The Labute approximate surface area is 193 Å². The molecule has 0 aliphatic carbocycles. The number of rotatable bonds is 6. The number of nitrogen functional groups attached to an aromatic ring is 1. The molecule has 7 heteroatoms. The topological polar surface area (TPSA) is 76.1 Å².